The van der Waals surface area contributed by atoms with Gasteiger partial charge in [0.25, 0.3) is 0 Å². The third kappa shape index (κ3) is 26.5. The van der Waals surface area contributed by atoms with E-state index in [1.54, 1.807) is 0 Å². The number of nitrogens with two attached hydrogens (primary N) is 7. The van der Waals surface area contributed by atoms with Crippen molar-refractivity contribution in [2.24, 2.45) is 45.1 Å². The fraction of sp³-hybridized carbons (Fsp3) is 0.741. The Bertz CT molecular complexity index is 2480. The van der Waals surface area contributed by atoms with Gasteiger partial charge in [-0.15, -0.1) is 0 Å². The fourth-order valence-electron chi connectivity index (χ4n) is 9.78. The van der Waals surface area contributed by atoms with Gasteiger partial charge in [0.2, 0.25) is 70.9 Å². The number of aliphatic imine (C=N–C) groups is 1. The van der Waals surface area contributed by atoms with E-state index in [9.17, 15) is 77.6 Å². The van der Waals surface area contributed by atoms with Crippen molar-refractivity contribution in [1.29, 1.82) is 0 Å². The summed E-state index contributed by atoms with van der Waals surface area (Å²) in [5, 5.41) is 52.4. The average Bonchev–Trinajstić information content (AvgIpc) is 1.73. The van der Waals surface area contributed by atoms with Crippen LogP contribution in [0.25, 0.3) is 0 Å². The lowest BCUT2D eigenvalue weighted by atomic mass is 10.1. The van der Waals surface area contributed by atoms with Gasteiger partial charge in [0.15, 0.2) is 5.96 Å². The molecule has 0 aliphatic carbocycles. The maximum absolute atomic E-state index is 14.2. The van der Waals surface area contributed by atoms with Gasteiger partial charge in [-0.1, -0.05) is 0 Å². The zero-order valence-electron chi connectivity index (χ0n) is 51.5. The van der Waals surface area contributed by atoms with E-state index in [2.05, 4.69) is 65.5 Å². The van der Waals surface area contributed by atoms with E-state index in [0.29, 0.717) is 57.9 Å². The molecule has 90 heavy (non-hydrogen) atoms. The second-order valence-corrected chi connectivity index (χ2v) is 22.6. The van der Waals surface area contributed by atoms with Crippen molar-refractivity contribution >= 4 is 95.4 Å². The van der Waals surface area contributed by atoms with Crippen molar-refractivity contribution in [3.05, 3.63) is 0 Å². The molecule has 35 nitrogen and oxygen atoms in total. The number of aliphatic hydroxyl groups excluding tert-OH is 2. The summed E-state index contributed by atoms with van der Waals surface area (Å²) in [6.07, 6.45) is 1.27. The van der Waals surface area contributed by atoms with Crippen LogP contribution in [0.3, 0.4) is 0 Å². The molecule has 0 radical (unpaired) electrons. The van der Waals surface area contributed by atoms with Crippen molar-refractivity contribution in [2.45, 2.75) is 202 Å². The number of carbonyl (C=O) groups excluding carboxylic acids is 12. The summed E-state index contributed by atoms with van der Waals surface area (Å²) in [6, 6.07) is -16.7. The number of thiol groups is 1. The summed E-state index contributed by atoms with van der Waals surface area (Å²) >= 11 is 4.00. The lowest BCUT2D eigenvalue weighted by molar-refractivity contribution is -0.149. The van der Waals surface area contributed by atoms with Crippen LogP contribution in [0.2, 0.25) is 0 Å². The van der Waals surface area contributed by atoms with E-state index in [1.807, 2.05) is 0 Å². The highest BCUT2D eigenvalue weighted by Gasteiger charge is 2.45. The molecule has 2 aliphatic rings. The lowest BCUT2D eigenvalue weighted by Crippen LogP contribution is -2.61. The van der Waals surface area contributed by atoms with Gasteiger partial charge >= 0.3 is 5.97 Å². The molecule has 36 heteroatoms. The quantitative estimate of drug-likeness (QED) is 0.0117. The SMILES string of the molecule is C[C@H](NC(=O)[C@H](CCCCN)NC(=O)[C@H](C)NC(=O)[C@H](CO)NC(=O)[C@H](CC(N)=O)NC(=O)[C@H](CCCN=C(N)N)NC(=O)[C@@H]1CCCN1C(=O)[C@@H]1CCCN1C(=O)[C@@H](NC(=O)[C@@H](N)CS)[C@@H](C)O)C(=O)N[C@@H](CCCCN)C(=O)N[C@@H](CCCCN)C(=O)O. The van der Waals surface area contributed by atoms with E-state index in [-0.39, 0.29) is 89.4 Å². The first-order valence-corrected chi connectivity index (χ1v) is 30.9. The van der Waals surface area contributed by atoms with Crippen LogP contribution < -0.4 is 88.0 Å². The largest absolute Gasteiger partial charge is 0.480 e. The Kier molecular flexibility index (Phi) is 35.8. The molecule has 2 rings (SSSR count). The maximum atomic E-state index is 14.2. The third-order valence-electron chi connectivity index (χ3n) is 14.9. The third-order valence-corrected chi connectivity index (χ3v) is 15.3. The van der Waals surface area contributed by atoms with Crippen molar-refractivity contribution in [1.82, 2.24) is 57.7 Å². The molecule has 26 N–H and O–H groups in total. The Morgan fingerprint density at radius 3 is 1.42 bits per heavy atom. The normalized spacial score (nSPS) is 18.2. The summed E-state index contributed by atoms with van der Waals surface area (Å²) in [5.74, 6) is -12.5. The van der Waals surface area contributed by atoms with Crippen LogP contribution in [-0.2, 0) is 62.3 Å². The second kappa shape index (κ2) is 41.0. The van der Waals surface area contributed by atoms with Crippen LogP contribution in [0.5, 0.6) is 0 Å². The molecule has 2 fully saturated rings. The lowest BCUT2D eigenvalue weighted by Gasteiger charge is -2.34. The molecule has 0 aromatic heterocycles. The highest BCUT2D eigenvalue weighted by atomic mass is 32.1. The highest BCUT2D eigenvalue weighted by molar-refractivity contribution is 7.80. The first kappa shape index (κ1) is 78.6. The minimum absolute atomic E-state index is 0.0101. The van der Waals surface area contributed by atoms with Crippen LogP contribution in [-0.4, -0.2) is 238 Å². The Morgan fingerprint density at radius 1 is 0.533 bits per heavy atom. The highest BCUT2D eigenvalue weighted by Crippen LogP contribution is 2.26. The molecule has 12 amide bonds. The smallest absolute Gasteiger partial charge is 0.326 e. The molecule has 0 unspecified atom stereocenters. The Labute approximate surface area is 527 Å². The average molecular weight is 1300 g/mol. The summed E-state index contributed by atoms with van der Waals surface area (Å²) in [4.78, 5) is 181. The van der Waals surface area contributed by atoms with Gasteiger partial charge in [-0.2, -0.15) is 12.6 Å². The molecule has 2 heterocycles. The van der Waals surface area contributed by atoms with E-state index in [4.69, 9.17) is 40.1 Å². The molecule has 13 atom stereocenters. The van der Waals surface area contributed by atoms with Crippen molar-refractivity contribution in [3.8, 4) is 0 Å². The van der Waals surface area contributed by atoms with Gasteiger partial charge in [0.05, 0.1) is 25.2 Å². The maximum Gasteiger partial charge on any atom is 0.326 e. The molecule has 0 aromatic rings. The number of nitrogens with one attached hydrogen (secondary N) is 9. The predicted molar refractivity (Wildman–Crippen MR) is 329 cm³/mol. The van der Waals surface area contributed by atoms with Gasteiger partial charge in [0, 0.05) is 25.4 Å². The van der Waals surface area contributed by atoms with E-state index >= 15 is 0 Å². The number of carboxylic acid groups (broad SMARTS) is 1. The minimum Gasteiger partial charge on any atom is -0.480 e. The molecule has 0 bridgehead atoms. The number of carboxylic acids is 1. The zero-order chi connectivity index (χ0) is 67.8. The molecular formula is C54H97N19O16S. The van der Waals surface area contributed by atoms with Crippen molar-refractivity contribution < 1.29 is 77.6 Å². The fourth-order valence-corrected chi connectivity index (χ4v) is 9.95. The molecular weight excluding hydrogens is 1200 g/mol. The van der Waals surface area contributed by atoms with Gasteiger partial charge < -0.3 is 113 Å². The summed E-state index contributed by atoms with van der Waals surface area (Å²) in [7, 11) is 0. The monoisotopic (exact) mass is 1300 g/mol. The van der Waals surface area contributed by atoms with Gasteiger partial charge in [-0.25, -0.2) is 4.79 Å². The van der Waals surface area contributed by atoms with Crippen LogP contribution in [0.15, 0.2) is 4.99 Å². The molecule has 0 aromatic carbocycles. The van der Waals surface area contributed by atoms with E-state index in [1.165, 1.54) is 30.6 Å². The van der Waals surface area contributed by atoms with E-state index in [0.717, 1.165) is 0 Å². The van der Waals surface area contributed by atoms with Gasteiger partial charge in [-0.3, -0.25) is 62.5 Å². The van der Waals surface area contributed by atoms with Gasteiger partial charge in [-0.05, 0) is 137 Å². The number of amides is 12. The summed E-state index contributed by atoms with van der Waals surface area (Å²) in [6.45, 7) is 3.63. The molecule has 2 aliphatic heterocycles. The standard InChI is InChI=1S/C54H97N19O16S/c1-28(42(77)66-33(14-5-8-20-56)46(81)68-35(53(88)89)15-6-9-21-57)63-45(80)32(13-4-7-19-55)65-43(78)29(2)64-49(84)37(26-74)70-48(83)36(25-40(59)76)69-47(82)34(16-10-22-62-54(60)61)67-50(85)38-17-11-23-72(38)51(86)39-18-12-24-73(39)52(87)41(30(3)75)71-44(79)31(58)27-90/h28-39,41,74-75,90H,4-27,55-58H2,1-3H3,(H2,59,76)(H,63,80)(H,64,84)(H,65,78)(H,66,77)(H,67,85)(H,68,81)(H,69,82)(H,70,83)(H,71,79)(H,88,89)(H4,60,61,62)/t28-,29-,30+,31-,32-,33-,34-,35-,36-,37-,38-,39-,41-/m0/s1. The Balaban J connectivity index is 2.26. The Hall–Kier alpha value is -7.51. The number of nitrogens with zero attached hydrogens (tertiary/aromatic N) is 3. The first-order valence-electron chi connectivity index (χ1n) is 30.2. The van der Waals surface area contributed by atoms with Crippen molar-refractivity contribution in [2.75, 3.05) is 51.6 Å². The first-order chi connectivity index (χ1) is 42.6. The number of likely N-dealkylation sites (tertiary alicyclic amines) is 2. The zero-order valence-corrected chi connectivity index (χ0v) is 52.3. The summed E-state index contributed by atoms with van der Waals surface area (Å²) in [5.41, 5.74) is 39.0. The number of aliphatic carboxylic acids is 1. The predicted octanol–water partition coefficient (Wildman–Crippen LogP) is -8.60. The van der Waals surface area contributed by atoms with Crippen LogP contribution in [0.4, 0.5) is 0 Å². The van der Waals surface area contributed by atoms with Crippen molar-refractivity contribution in [3.63, 3.8) is 0 Å². The molecule has 0 spiro atoms. The minimum atomic E-state index is -1.86. The van der Waals surface area contributed by atoms with Crippen LogP contribution >= 0.6 is 12.6 Å². The molecule has 0 saturated carbocycles. The number of primary amides is 1. The molecule has 510 valence electrons. The molecule has 2 saturated heterocycles. The number of aliphatic hydroxyl groups is 2. The van der Waals surface area contributed by atoms with Crippen LogP contribution in [0, 0.1) is 0 Å². The van der Waals surface area contributed by atoms with Gasteiger partial charge in [0.1, 0.15) is 66.5 Å². The topological polar surface area (TPSA) is 592 Å². The number of unbranched alkanes of at least 4 members (excludes halogenated alkanes) is 3. The Morgan fingerprint density at radius 2 is 0.956 bits per heavy atom. The van der Waals surface area contributed by atoms with E-state index < -0.39 is 168 Å². The number of hydrogen-bond donors (Lipinski definition) is 20. The second-order valence-electron chi connectivity index (χ2n) is 22.2. The summed E-state index contributed by atoms with van der Waals surface area (Å²) < 4.78 is 0. The number of rotatable bonds is 42. The number of carbonyl (C=O) groups is 13. The number of hydrogen-bond acceptors (Lipinski definition) is 21. The van der Waals surface area contributed by atoms with Crippen LogP contribution in [0.1, 0.15) is 124 Å². The number of guanidine groups is 1.